The molecule has 0 radical (unpaired) electrons. The summed E-state index contributed by atoms with van der Waals surface area (Å²) < 4.78 is 0. The highest BCUT2D eigenvalue weighted by Crippen LogP contribution is 2.30. The van der Waals surface area contributed by atoms with Crippen LogP contribution in [-0.2, 0) is 4.79 Å². The highest BCUT2D eigenvalue weighted by Gasteiger charge is 2.29. The van der Waals surface area contributed by atoms with Gasteiger partial charge in [0.25, 0.3) is 0 Å². The van der Waals surface area contributed by atoms with E-state index in [1.165, 1.54) is 19.3 Å². The van der Waals surface area contributed by atoms with Crippen LogP contribution in [0.4, 0.5) is 0 Å². The summed E-state index contributed by atoms with van der Waals surface area (Å²) in [7, 11) is 0. The largest absolute Gasteiger partial charge is 0.352 e. The maximum absolute atomic E-state index is 12.2. The van der Waals surface area contributed by atoms with Gasteiger partial charge in [0.15, 0.2) is 0 Å². The maximum Gasteiger partial charge on any atom is 0.234 e. The molecule has 4 heteroatoms. The minimum Gasteiger partial charge on any atom is -0.352 e. The van der Waals surface area contributed by atoms with Crippen molar-refractivity contribution in [3.05, 3.63) is 0 Å². The van der Waals surface area contributed by atoms with Crippen LogP contribution in [-0.4, -0.2) is 42.5 Å². The number of hydrogen-bond donors (Lipinski definition) is 2. The van der Waals surface area contributed by atoms with Gasteiger partial charge in [0, 0.05) is 25.2 Å². The first-order valence-corrected chi connectivity index (χ1v) is 8.33. The normalized spacial score (nSPS) is 29.6. The van der Waals surface area contributed by atoms with E-state index in [2.05, 4.69) is 24.1 Å². The Morgan fingerprint density at radius 3 is 2.50 bits per heavy atom. The second-order valence-corrected chi connectivity index (χ2v) is 6.98. The molecule has 1 amide bonds. The molecule has 1 saturated heterocycles. The third-order valence-corrected chi connectivity index (χ3v) is 5.02. The lowest BCUT2D eigenvalue weighted by Gasteiger charge is -2.36. The van der Waals surface area contributed by atoms with Crippen LogP contribution in [0.25, 0.3) is 0 Å². The molecule has 0 aromatic heterocycles. The summed E-state index contributed by atoms with van der Waals surface area (Å²) in [4.78, 5) is 14.5. The fourth-order valence-corrected chi connectivity index (χ4v) is 3.70. The van der Waals surface area contributed by atoms with Gasteiger partial charge in [-0.15, -0.1) is 0 Å². The van der Waals surface area contributed by atoms with Crippen LogP contribution in [0.1, 0.15) is 52.4 Å². The van der Waals surface area contributed by atoms with Crippen molar-refractivity contribution in [3.8, 4) is 0 Å². The number of carbonyl (C=O) groups excluding carboxylic acids is 1. The Kier molecular flexibility index (Phi) is 5.85. The Morgan fingerprint density at radius 2 is 1.85 bits per heavy atom. The fraction of sp³-hybridized carbons (Fsp3) is 0.938. The highest BCUT2D eigenvalue weighted by atomic mass is 16.2. The van der Waals surface area contributed by atoms with Crippen molar-refractivity contribution in [2.24, 2.45) is 17.6 Å². The summed E-state index contributed by atoms with van der Waals surface area (Å²) in [5.74, 6) is 1.52. The van der Waals surface area contributed by atoms with E-state index in [4.69, 9.17) is 5.73 Å². The van der Waals surface area contributed by atoms with E-state index >= 15 is 0 Å². The van der Waals surface area contributed by atoms with Crippen LogP contribution in [0, 0.1) is 11.8 Å². The molecule has 116 valence electrons. The van der Waals surface area contributed by atoms with Crippen LogP contribution in [0.15, 0.2) is 0 Å². The number of nitrogens with zero attached hydrogens (tertiary/aromatic N) is 1. The first kappa shape index (κ1) is 15.8. The summed E-state index contributed by atoms with van der Waals surface area (Å²) >= 11 is 0. The van der Waals surface area contributed by atoms with Gasteiger partial charge in [-0.1, -0.05) is 26.7 Å². The van der Waals surface area contributed by atoms with Gasteiger partial charge in [0.05, 0.1) is 6.54 Å². The van der Waals surface area contributed by atoms with E-state index in [9.17, 15) is 4.79 Å². The lowest BCUT2D eigenvalue weighted by Crippen LogP contribution is -2.49. The number of nitrogens with two attached hydrogens (primary N) is 1. The second kappa shape index (κ2) is 7.41. The zero-order chi connectivity index (χ0) is 14.5. The number of amides is 1. The van der Waals surface area contributed by atoms with Crippen molar-refractivity contribution in [2.75, 3.05) is 19.6 Å². The molecule has 2 atom stereocenters. The molecule has 2 aliphatic rings. The van der Waals surface area contributed by atoms with Gasteiger partial charge < -0.3 is 11.1 Å². The smallest absolute Gasteiger partial charge is 0.234 e. The molecule has 0 spiro atoms. The van der Waals surface area contributed by atoms with Gasteiger partial charge in [-0.25, -0.2) is 0 Å². The lowest BCUT2D eigenvalue weighted by atomic mass is 9.78. The summed E-state index contributed by atoms with van der Waals surface area (Å²) in [5, 5.41) is 3.30. The minimum atomic E-state index is 0.207. The SMILES string of the molecule is CC(C)C1CCCCC1NC(=O)CN1CCC(N)CC1. The van der Waals surface area contributed by atoms with E-state index in [0.717, 1.165) is 32.4 Å². The molecule has 2 fully saturated rings. The first-order chi connectivity index (χ1) is 9.56. The Labute approximate surface area is 123 Å². The van der Waals surface area contributed by atoms with Gasteiger partial charge in [-0.05, 0) is 37.5 Å². The molecular formula is C16H31N3O. The van der Waals surface area contributed by atoms with E-state index in [1.54, 1.807) is 0 Å². The lowest BCUT2D eigenvalue weighted by molar-refractivity contribution is -0.124. The molecule has 0 bridgehead atoms. The second-order valence-electron chi connectivity index (χ2n) is 6.98. The van der Waals surface area contributed by atoms with Crippen LogP contribution in [0.2, 0.25) is 0 Å². The van der Waals surface area contributed by atoms with Crippen LogP contribution in [0.5, 0.6) is 0 Å². The maximum atomic E-state index is 12.2. The summed E-state index contributed by atoms with van der Waals surface area (Å²) in [6, 6.07) is 0.723. The average molecular weight is 281 g/mol. The van der Waals surface area contributed by atoms with Crippen molar-refractivity contribution >= 4 is 5.91 Å². The van der Waals surface area contributed by atoms with Gasteiger partial charge >= 0.3 is 0 Å². The Balaban J connectivity index is 1.78. The predicted octanol–water partition coefficient (Wildman–Crippen LogP) is 1.74. The van der Waals surface area contributed by atoms with Crippen molar-refractivity contribution in [1.29, 1.82) is 0 Å². The van der Waals surface area contributed by atoms with Crippen LogP contribution in [0.3, 0.4) is 0 Å². The quantitative estimate of drug-likeness (QED) is 0.825. The van der Waals surface area contributed by atoms with E-state index in [1.807, 2.05) is 0 Å². The van der Waals surface area contributed by atoms with Gasteiger partial charge in [0.2, 0.25) is 5.91 Å². The van der Waals surface area contributed by atoms with E-state index < -0.39 is 0 Å². The number of carbonyl (C=O) groups is 1. The molecule has 2 unspecified atom stereocenters. The molecule has 0 aromatic rings. The topological polar surface area (TPSA) is 58.4 Å². The number of piperidine rings is 1. The van der Waals surface area contributed by atoms with E-state index in [0.29, 0.717) is 30.5 Å². The molecule has 2 rings (SSSR count). The molecule has 1 aliphatic carbocycles. The standard InChI is InChI=1S/C16H31N3O/c1-12(2)14-5-3-4-6-15(14)18-16(20)11-19-9-7-13(17)8-10-19/h12-15H,3-11,17H2,1-2H3,(H,18,20). The van der Waals surface area contributed by atoms with E-state index in [-0.39, 0.29) is 5.91 Å². The Hall–Kier alpha value is -0.610. The molecule has 1 saturated carbocycles. The molecule has 3 N–H and O–H groups in total. The number of nitrogens with one attached hydrogen (secondary N) is 1. The van der Waals surface area contributed by atoms with Crippen molar-refractivity contribution in [1.82, 2.24) is 10.2 Å². The third kappa shape index (κ3) is 4.45. The minimum absolute atomic E-state index is 0.207. The Morgan fingerprint density at radius 1 is 1.20 bits per heavy atom. The van der Waals surface area contributed by atoms with Gasteiger partial charge in [0.1, 0.15) is 0 Å². The van der Waals surface area contributed by atoms with Crippen molar-refractivity contribution < 1.29 is 4.79 Å². The zero-order valence-electron chi connectivity index (χ0n) is 13.1. The number of hydrogen-bond acceptors (Lipinski definition) is 3. The monoisotopic (exact) mass is 281 g/mol. The molecule has 4 nitrogen and oxygen atoms in total. The van der Waals surface area contributed by atoms with Crippen molar-refractivity contribution in [2.45, 2.75) is 64.5 Å². The molecular weight excluding hydrogens is 250 g/mol. The molecule has 1 heterocycles. The van der Waals surface area contributed by atoms with Crippen LogP contribution >= 0.6 is 0 Å². The summed E-state index contributed by atoms with van der Waals surface area (Å²) in [6.45, 7) is 7.04. The molecule has 1 aliphatic heterocycles. The predicted molar refractivity (Wildman–Crippen MR) is 82.4 cm³/mol. The first-order valence-electron chi connectivity index (χ1n) is 8.33. The highest BCUT2D eigenvalue weighted by molar-refractivity contribution is 5.78. The summed E-state index contributed by atoms with van der Waals surface area (Å²) in [6.07, 6.45) is 7.03. The van der Waals surface area contributed by atoms with Crippen molar-refractivity contribution in [3.63, 3.8) is 0 Å². The Bertz CT molecular complexity index is 311. The third-order valence-electron chi connectivity index (χ3n) is 5.02. The van der Waals surface area contributed by atoms with Crippen LogP contribution < -0.4 is 11.1 Å². The zero-order valence-corrected chi connectivity index (χ0v) is 13.1. The molecule has 0 aromatic carbocycles. The number of likely N-dealkylation sites (tertiary alicyclic amines) is 1. The average Bonchev–Trinajstić information content (AvgIpc) is 2.41. The molecule has 20 heavy (non-hydrogen) atoms. The fourth-order valence-electron chi connectivity index (χ4n) is 3.70. The number of rotatable bonds is 4. The summed E-state index contributed by atoms with van der Waals surface area (Å²) in [5.41, 5.74) is 5.90. The van der Waals surface area contributed by atoms with Gasteiger partial charge in [-0.3, -0.25) is 9.69 Å². The van der Waals surface area contributed by atoms with Gasteiger partial charge in [-0.2, -0.15) is 0 Å².